The molecule has 0 atom stereocenters. The Morgan fingerprint density at radius 1 is 1.69 bits per heavy atom. The number of amides is 1. The topological polar surface area (TPSA) is 59.2 Å². The van der Waals surface area contributed by atoms with Gasteiger partial charge in [-0.3, -0.25) is 4.79 Å². The molecule has 1 heterocycles. The van der Waals surface area contributed by atoms with Gasteiger partial charge in [0.1, 0.15) is 5.15 Å². The van der Waals surface area contributed by atoms with Crippen LogP contribution in [-0.2, 0) is 0 Å². The fourth-order valence-corrected chi connectivity index (χ4v) is 1.76. The van der Waals surface area contributed by atoms with Crippen LogP contribution in [0.15, 0.2) is 12.3 Å². The largest absolute Gasteiger partial charge is 0.397 e. The lowest BCUT2D eigenvalue weighted by Crippen LogP contribution is -2.29. The number of nitrogens with two attached hydrogens (primary N) is 1. The average Bonchev–Trinajstić information content (AvgIpc) is 3.04. The van der Waals surface area contributed by atoms with E-state index in [4.69, 9.17) is 17.3 Å². The zero-order valence-corrected chi connectivity index (χ0v) is 9.87. The van der Waals surface area contributed by atoms with Crippen LogP contribution in [0.5, 0.6) is 0 Å². The van der Waals surface area contributed by atoms with Gasteiger partial charge in [-0.2, -0.15) is 0 Å². The van der Waals surface area contributed by atoms with Crippen molar-refractivity contribution in [2.24, 2.45) is 5.92 Å². The Hall–Kier alpha value is -1.29. The second kappa shape index (κ2) is 4.29. The van der Waals surface area contributed by atoms with Crippen LogP contribution in [0.1, 0.15) is 23.2 Å². The monoisotopic (exact) mass is 239 g/mol. The van der Waals surface area contributed by atoms with Gasteiger partial charge in [0.05, 0.1) is 17.4 Å². The number of anilines is 1. The van der Waals surface area contributed by atoms with Crippen molar-refractivity contribution in [3.63, 3.8) is 0 Å². The summed E-state index contributed by atoms with van der Waals surface area (Å²) in [5.74, 6) is 0.571. The highest BCUT2D eigenvalue weighted by Crippen LogP contribution is 2.30. The van der Waals surface area contributed by atoms with Crippen LogP contribution in [0.25, 0.3) is 0 Å². The van der Waals surface area contributed by atoms with Crippen LogP contribution >= 0.6 is 11.6 Å². The predicted octanol–water partition coefficient (Wildman–Crippen LogP) is 1.80. The maximum atomic E-state index is 12.0. The van der Waals surface area contributed by atoms with E-state index in [2.05, 4.69) is 4.98 Å². The van der Waals surface area contributed by atoms with E-state index in [1.165, 1.54) is 25.1 Å². The van der Waals surface area contributed by atoms with E-state index < -0.39 is 0 Å². The first-order chi connectivity index (χ1) is 7.58. The summed E-state index contributed by atoms with van der Waals surface area (Å²) < 4.78 is 0. The fourth-order valence-electron chi connectivity index (χ4n) is 1.60. The highest BCUT2D eigenvalue weighted by atomic mass is 35.5. The van der Waals surface area contributed by atoms with Gasteiger partial charge in [0.2, 0.25) is 0 Å². The Balaban J connectivity index is 2.14. The number of hydrogen-bond acceptors (Lipinski definition) is 3. The molecule has 1 saturated carbocycles. The standard InChI is InChI=1S/C11H14ClN3O/c1-15(6-7-2-3-7)11(16)8-4-10(12)14-5-9(8)13/h4-5,7H,2-3,6,13H2,1H3. The quantitative estimate of drug-likeness (QED) is 0.819. The number of aromatic nitrogens is 1. The Labute approximate surface area is 99.4 Å². The average molecular weight is 240 g/mol. The molecule has 0 aliphatic heterocycles. The molecule has 0 spiro atoms. The highest BCUT2D eigenvalue weighted by Gasteiger charge is 2.26. The van der Waals surface area contributed by atoms with Gasteiger partial charge in [-0.1, -0.05) is 11.6 Å². The van der Waals surface area contributed by atoms with Crippen molar-refractivity contribution in [3.05, 3.63) is 23.0 Å². The molecule has 4 nitrogen and oxygen atoms in total. The van der Waals surface area contributed by atoms with Gasteiger partial charge in [-0.05, 0) is 24.8 Å². The van der Waals surface area contributed by atoms with Gasteiger partial charge in [0, 0.05) is 13.6 Å². The Morgan fingerprint density at radius 3 is 3.00 bits per heavy atom. The molecule has 2 N–H and O–H groups in total. The van der Waals surface area contributed by atoms with Gasteiger partial charge in [0.15, 0.2) is 0 Å². The Morgan fingerprint density at radius 2 is 2.38 bits per heavy atom. The number of hydrogen-bond donors (Lipinski definition) is 1. The van der Waals surface area contributed by atoms with E-state index in [1.807, 2.05) is 0 Å². The van der Waals surface area contributed by atoms with E-state index in [0.717, 1.165) is 6.54 Å². The minimum Gasteiger partial charge on any atom is -0.397 e. The first-order valence-electron chi connectivity index (χ1n) is 5.24. The number of nitrogen functional groups attached to an aromatic ring is 1. The summed E-state index contributed by atoms with van der Waals surface area (Å²) >= 11 is 5.75. The van der Waals surface area contributed by atoms with Crippen LogP contribution in [-0.4, -0.2) is 29.4 Å². The molecule has 0 bridgehead atoms. The summed E-state index contributed by atoms with van der Waals surface area (Å²) in [4.78, 5) is 17.6. The van der Waals surface area contributed by atoms with Crippen molar-refractivity contribution in [1.82, 2.24) is 9.88 Å². The number of carbonyl (C=O) groups is 1. The number of rotatable bonds is 3. The number of nitrogens with zero attached hydrogens (tertiary/aromatic N) is 2. The zero-order chi connectivity index (χ0) is 11.7. The number of pyridine rings is 1. The molecule has 1 aliphatic carbocycles. The van der Waals surface area contributed by atoms with E-state index >= 15 is 0 Å². The second-order valence-electron chi connectivity index (χ2n) is 4.22. The molecule has 2 rings (SSSR count). The highest BCUT2D eigenvalue weighted by molar-refractivity contribution is 6.29. The van der Waals surface area contributed by atoms with Crippen molar-refractivity contribution in [2.45, 2.75) is 12.8 Å². The third-order valence-electron chi connectivity index (χ3n) is 2.71. The SMILES string of the molecule is CN(CC1CC1)C(=O)c1cc(Cl)ncc1N. The van der Waals surface area contributed by atoms with Crippen molar-refractivity contribution in [3.8, 4) is 0 Å². The molecule has 5 heteroatoms. The molecule has 86 valence electrons. The molecule has 0 radical (unpaired) electrons. The summed E-state index contributed by atoms with van der Waals surface area (Å²) in [5, 5.41) is 0.289. The van der Waals surface area contributed by atoms with Gasteiger partial charge in [-0.15, -0.1) is 0 Å². The first kappa shape index (κ1) is 11.2. The second-order valence-corrected chi connectivity index (χ2v) is 4.61. The lowest BCUT2D eigenvalue weighted by molar-refractivity contribution is 0.0789. The molecule has 1 fully saturated rings. The van der Waals surface area contributed by atoms with E-state index in [-0.39, 0.29) is 11.1 Å². The number of halogens is 1. The minimum absolute atomic E-state index is 0.0892. The van der Waals surface area contributed by atoms with Crippen molar-refractivity contribution in [2.75, 3.05) is 19.3 Å². The Bertz CT molecular complexity index is 418. The molecule has 1 aromatic heterocycles. The van der Waals surface area contributed by atoms with Crippen LogP contribution < -0.4 is 5.73 Å². The third-order valence-corrected chi connectivity index (χ3v) is 2.91. The summed E-state index contributed by atoms with van der Waals surface area (Å²) in [7, 11) is 1.79. The molecule has 0 saturated heterocycles. The molecule has 1 aromatic rings. The summed E-state index contributed by atoms with van der Waals surface area (Å²) in [6, 6.07) is 1.52. The summed E-state index contributed by atoms with van der Waals surface area (Å²) in [6.07, 6.45) is 3.84. The number of carbonyl (C=O) groups excluding carboxylic acids is 1. The molecular formula is C11H14ClN3O. The third kappa shape index (κ3) is 2.44. The zero-order valence-electron chi connectivity index (χ0n) is 9.11. The van der Waals surface area contributed by atoms with Crippen molar-refractivity contribution in [1.29, 1.82) is 0 Å². The summed E-state index contributed by atoms with van der Waals surface area (Å²) in [5.41, 5.74) is 6.51. The molecular weight excluding hydrogens is 226 g/mol. The van der Waals surface area contributed by atoms with Gasteiger partial charge < -0.3 is 10.6 Å². The van der Waals surface area contributed by atoms with Crippen LogP contribution in [0.3, 0.4) is 0 Å². The van der Waals surface area contributed by atoms with Crippen molar-refractivity contribution >= 4 is 23.2 Å². The fraction of sp³-hybridized carbons (Fsp3) is 0.455. The smallest absolute Gasteiger partial charge is 0.255 e. The molecule has 1 aliphatic rings. The molecule has 0 aromatic carbocycles. The van der Waals surface area contributed by atoms with E-state index in [0.29, 0.717) is 17.2 Å². The predicted molar refractivity (Wildman–Crippen MR) is 63.3 cm³/mol. The lowest BCUT2D eigenvalue weighted by Gasteiger charge is -2.17. The molecule has 16 heavy (non-hydrogen) atoms. The normalized spacial score (nSPS) is 14.9. The molecule has 1 amide bonds. The van der Waals surface area contributed by atoms with Crippen LogP contribution in [0.2, 0.25) is 5.15 Å². The van der Waals surface area contributed by atoms with Gasteiger partial charge in [-0.25, -0.2) is 4.98 Å². The van der Waals surface area contributed by atoms with E-state index in [1.54, 1.807) is 11.9 Å². The minimum atomic E-state index is -0.0892. The first-order valence-corrected chi connectivity index (χ1v) is 5.62. The van der Waals surface area contributed by atoms with Gasteiger partial charge >= 0.3 is 0 Å². The van der Waals surface area contributed by atoms with Crippen molar-refractivity contribution < 1.29 is 4.79 Å². The van der Waals surface area contributed by atoms with E-state index in [9.17, 15) is 4.79 Å². The lowest BCUT2D eigenvalue weighted by atomic mass is 10.2. The van der Waals surface area contributed by atoms with Gasteiger partial charge in [0.25, 0.3) is 5.91 Å². The maximum Gasteiger partial charge on any atom is 0.255 e. The van der Waals surface area contributed by atoms with Crippen LogP contribution in [0, 0.1) is 5.92 Å². The molecule has 0 unspecified atom stereocenters. The Kier molecular flexibility index (Phi) is 3.01. The summed E-state index contributed by atoms with van der Waals surface area (Å²) in [6.45, 7) is 0.790. The maximum absolute atomic E-state index is 12.0. The van der Waals surface area contributed by atoms with Crippen LogP contribution in [0.4, 0.5) is 5.69 Å².